The van der Waals surface area contributed by atoms with Gasteiger partial charge in [0.25, 0.3) is 0 Å². The summed E-state index contributed by atoms with van der Waals surface area (Å²) in [5.74, 6) is 0.283. The molecule has 6 nitrogen and oxygen atoms in total. The van der Waals surface area contributed by atoms with Crippen molar-refractivity contribution in [1.29, 1.82) is 0 Å². The fourth-order valence-electron chi connectivity index (χ4n) is 3.27. The van der Waals surface area contributed by atoms with E-state index >= 15 is 0 Å². The highest BCUT2D eigenvalue weighted by atomic mass is 32.2. The maximum atomic E-state index is 12.2. The molecule has 8 heteroatoms. The summed E-state index contributed by atoms with van der Waals surface area (Å²) >= 11 is 1.49. The second kappa shape index (κ2) is 7.60. The maximum absolute atomic E-state index is 12.2. The van der Waals surface area contributed by atoms with Crippen molar-refractivity contribution in [3.63, 3.8) is 0 Å². The molecule has 146 valence electrons. The van der Waals surface area contributed by atoms with Crippen LogP contribution in [-0.2, 0) is 21.1 Å². The average molecular weight is 416 g/mol. The first-order valence-corrected chi connectivity index (χ1v) is 11.7. The molecule has 2 N–H and O–H groups in total. The normalized spacial score (nSPS) is 22.4. The summed E-state index contributed by atoms with van der Waals surface area (Å²) in [5.41, 5.74) is 3.73. The Kier molecular flexibility index (Phi) is 5.16. The second-order valence-electron chi connectivity index (χ2n) is 7.15. The molecule has 0 radical (unpaired) electrons. The van der Waals surface area contributed by atoms with Crippen molar-refractivity contribution >= 4 is 44.0 Å². The van der Waals surface area contributed by atoms with E-state index in [9.17, 15) is 13.2 Å². The molecule has 0 saturated carbocycles. The number of thioether (sulfide) groups is 1. The number of aliphatic imine (C=N–C) groups is 1. The summed E-state index contributed by atoms with van der Waals surface area (Å²) in [6.07, 6.45) is 0.297. The molecule has 2 aromatic carbocycles. The molecular formula is C20H21N3O3S2. The van der Waals surface area contributed by atoms with Gasteiger partial charge in [0.2, 0.25) is 5.91 Å². The minimum absolute atomic E-state index is 0.0252. The first kappa shape index (κ1) is 19.0. The zero-order valence-electron chi connectivity index (χ0n) is 15.4. The van der Waals surface area contributed by atoms with Gasteiger partial charge in [-0.15, -0.1) is 0 Å². The van der Waals surface area contributed by atoms with Crippen molar-refractivity contribution in [3.05, 3.63) is 59.7 Å². The van der Waals surface area contributed by atoms with Gasteiger partial charge in [0.1, 0.15) is 0 Å². The monoisotopic (exact) mass is 415 g/mol. The van der Waals surface area contributed by atoms with Gasteiger partial charge < -0.3 is 10.6 Å². The number of carbonyl (C=O) groups excluding carboxylic acids is 1. The number of anilines is 2. The zero-order valence-corrected chi connectivity index (χ0v) is 17.0. The number of rotatable bonds is 4. The lowest BCUT2D eigenvalue weighted by atomic mass is 10.1. The molecule has 4 rings (SSSR count). The van der Waals surface area contributed by atoms with Gasteiger partial charge in [-0.05, 0) is 36.8 Å². The summed E-state index contributed by atoms with van der Waals surface area (Å²) in [7, 11) is -2.94. The van der Waals surface area contributed by atoms with E-state index in [-0.39, 0.29) is 28.7 Å². The number of nitrogens with one attached hydrogen (secondary N) is 2. The van der Waals surface area contributed by atoms with Gasteiger partial charge in [-0.1, -0.05) is 41.6 Å². The predicted octanol–water partition coefficient (Wildman–Crippen LogP) is 2.86. The molecular weight excluding hydrogens is 394 g/mol. The van der Waals surface area contributed by atoms with E-state index in [4.69, 9.17) is 0 Å². The molecule has 0 aliphatic carbocycles. The van der Waals surface area contributed by atoms with E-state index < -0.39 is 9.84 Å². The van der Waals surface area contributed by atoms with Crippen LogP contribution in [0, 0.1) is 6.92 Å². The van der Waals surface area contributed by atoms with Crippen LogP contribution in [0.2, 0.25) is 0 Å². The number of aryl methyl sites for hydroxylation is 1. The van der Waals surface area contributed by atoms with E-state index in [1.807, 2.05) is 55.5 Å². The highest BCUT2D eigenvalue weighted by Gasteiger charge is 2.42. The number of sulfone groups is 1. The van der Waals surface area contributed by atoms with Crippen molar-refractivity contribution in [2.24, 2.45) is 4.99 Å². The molecule has 28 heavy (non-hydrogen) atoms. The molecule has 1 fully saturated rings. The zero-order chi connectivity index (χ0) is 19.7. The lowest BCUT2D eigenvalue weighted by molar-refractivity contribution is -0.115. The highest BCUT2D eigenvalue weighted by Crippen LogP contribution is 2.34. The molecule has 0 spiro atoms. The van der Waals surface area contributed by atoms with Crippen molar-refractivity contribution in [2.45, 2.75) is 24.6 Å². The van der Waals surface area contributed by atoms with Crippen molar-refractivity contribution < 1.29 is 13.2 Å². The van der Waals surface area contributed by atoms with Gasteiger partial charge in [-0.3, -0.25) is 9.79 Å². The van der Waals surface area contributed by atoms with Crippen molar-refractivity contribution in [1.82, 2.24) is 0 Å². The highest BCUT2D eigenvalue weighted by molar-refractivity contribution is 8.15. The van der Waals surface area contributed by atoms with Crippen LogP contribution in [0.25, 0.3) is 0 Å². The second-order valence-corrected chi connectivity index (χ2v) is 10.5. The lowest BCUT2D eigenvalue weighted by Gasteiger charge is -2.09. The molecule has 2 atom stereocenters. The van der Waals surface area contributed by atoms with Crippen LogP contribution in [0.3, 0.4) is 0 Å². The Morgan fingerprint density at radius 2 is 1.75 bits per heavy atom. The van der Waals surface area contributed by atoms with Gasteiger partial charge in [-0.25, -0.2) is 8.42 Å². The topological polar surface area (TPSA) is 87.6 Å². The molecule has 2 aliphatic rings. The number of carbonyl (C=O) groups is 1. The van der Waals surface area contributed by atoms with Crippen LogP contribution in [0.15, 0.2) is 53.5 Å². The SMILES string of the molecule is Cc1ccc(NC(=O)Cc2ccc(NC3=N[C@H]4CS(=O)(=O)C[C@@H]4S3)cc2)cc1. The van der Waals surface area contributed by atoms with Crippen LogP contribution in [-0.4, -0.2) is 42.3 Å². The maximum Gasteiger partial charge on any atom is 0.228 e. The number of nitrogens with zero attached hydrogens (tertiary/aromatic N) is 1. The molecule has 0 unspecified atom stereocenters. The third kappa shape index (κ3) is 4.56. The average Bonchev–Trinajstić information content (AvgIpc) is 3.11. The molecule has 0 aromatic heterocycles. The Hall–Kier alpha value is -2.32. The number of fused-ring (bicyclic) bond motifs is 1. The summed E-state index contributed by atoms with van der Waals surface area (Å²) in [4.78, 5) is 16.7. The minimum atomic E-state index is -2.94. The van der Waals surface area contributed by atoms with Crippen molar-refractivity contribution in [2.75, 3.05) is 22.1 Å². The smallest absolute Gasteiger partial charge is 0.228 e. The van der Waals surface area contributed by atoms with Gasteiger partial charge in [0, 0.05) is 16.6 Å². The molecule has 1 saturated heterocycles. The third-order valence-corrected chi connectivity index (χ3v) is 7.87. The van der Waals surface area contributed by atoms with E-state index in [0.717, 1.165) is 27.7 Å². The minimum Gasteiger partial charge on any atom is -0.335 e. The summed E-state index contributed by atoms with van der Waals surface area (Å²) in [5, 5.41) is 6.92. The van der Waals surface area contributed by atoms with Gasteiger partial charge >= 0.3 is 0 Å². The summed E-state index contributed by atoms with van der Waals surface area (Å²) in [6.45, 7) is 2.01. The Balaban J connectivity index is 1.32. The van der Waals surface area contributed by atoms with Crippen LogP contribution in [0.4, 0.5) is 11.4 Å². The van der Waals surface area contributed by atoms with Crippen LogP contribution < -0.4 is 10.6 Å². The Bertz CT molecular complexity index is 1020. The number of hydrogen-bond acceptors (Lipinski definition) is 6. The summed E-state index contributed by atoms with van der Waals surface area (Å²) < 4.78 is 23.3. The van der Waals surface area contributed by atoms with Gasteiger partial charge in [-0.2, -0.15) is 0 Å². The van der Waals surface area contributed by atoms with E-state index in [1.165, 1.54) is 11.8 Å². The van der Waals surface area contributed by atoms with Crippen LogP contribution in [0.5, 0.6) is 0 Å². The summed E-state index contributed by atoms with van der Waals surface area (Å²) in [6, 6.07) is 15.2. The van der Waals surface area contributed by atoms with Crippen molar-refractivity contribution in [3.8, 4) is 0 Å². The largest absolute Gasteiger partial charge is 0.335 e. The lowest BCUT2D eigenvalue weighted by Crippen LogP contribution is -2.14. The Morgan fingerprint density at radius 1 is 1.07 bits per heavy atom. The molecule has 2 aromatic rings. The van der Waals surface area contributed by atoms with Crippen LogP contribution in [0.1, 0.15) is 11.1 Å². The van der Waals surface area contributed by atoms with Gasteiger partial charge in [0.15, 0.2) is 15.0 Å². The quantitative estimate of drug-likeness (QED) is 0.802. The fraction of sp³-hybridized carbons (Fsp3) is 0.300. The Morgan fingerprint density at radius 3 is 2.43 bits per heavy atom. The molecule has 1 amide bonds. The first-order valence-electron chi connectivity index (χ1n) is 9.04. The number of benzene rings is 2. The standard InChI is InChI=1S/C20H21N3O3S2/c1-13-2-6-15(7-3-13)21-19(24)10-14-4-8-16(9-5-14)22-20-23-17-11-28(25,26)12-18(17)27-20/h2-9,17-18H,10-12H2,1H3,(H,21,24)(H,22,23)/t17-,18-/m0/s1. The molecule has 2 aliphatic heterocycles. The van der Waals surface area contributed by atoms with Crippen LogP contribution >= 0.6 is 11.8 Å². The molecule has 2 heterocycles. The number of amides is 1. The van der Waals surface area contributed by atoms with E-state index in [2.05, 4.69) is 15.6 Å². The Labute approximate surface area is 168 Å². The number of amidine groups is 1. The number of hydrogen-bond donors (Lipinski definition) is 2. The predicted molar refractivity (Wildman–Crippen MR) is 115 cm³/mol. The van der Waals surface area contributed by atoms with E-state index in [1.54, 1.807) is 0 Å². The third-order valence-electron chi connectivity index (χ3n) is 4.72. The van der Waals surface area contributed by atoms with E-state index in [0.29, 0.717) is 6.42 Å². The first-order chi connectivity index (χ1) is 13.4. The fourth-order valence-corrected chi connectivity index (χ4v) is 6.95. The van der Waals surface area contributed by atoms with Gasteiger partial charge in [0.05, 0.1) is 24.0 Å². The molecule has 0 bridgehead atoms.